The molecule has 31 heavy (non-hydrogen) atoms. The summed E-state index contributed by atoms with van der Waals surface area (Å²) in [5, 5.41) is 27.6. The number of hydrogen-bond donors (Lipinski definition) is 3. The maximum atomic E-state index is 10.1. The smallest absolute Gasteiger partial charge is 0.300 e. The summed E-state index contributed by atoms with van der Waals surface area (Å²) in [6.07, 6.45) is 3.20. The molecular weight excluding hydrogens is 443 g/mol. The van der Waals surface area contributed by atoms with E-state index >= 15 is 0 Å². The zero-order valence-electron chi connectivity index (χ0n) is 17.8. The van der Waals surface area contributed by atoms with Crippen molar-refractivity contribution < 1.29 is 46.7 Å². The number of nitrogens with zero attached hydrogens (tertiary/aromatic N) is 2. The van der Waals surface area contributed by atoms with Crippen molar-refractivity contribution >= 4 is 18.4 Å². The molecule has 2 rings (SSSR count). The molecule has 2 aromatic rings. The molecule has 169 valence electrons. The molecule has 3 N–H and O–H groups in total. The van der Waals surface area contributed by atoms with Crippen LogP contribution in [0.15, 0.2) is 46.4 Å². The second-order valence-electron chi connectivity index (χ2n) is 5.84. The molecule has 0 aliphatic rings. The molecule has 0 atom stereocenters. The number of ether oxygens (including phenoxy) is 2. The van der Waals surface area contributed by atoms with Gasteiger partial charge in [-0.2, -0.15) is 0 Å². The third-order valence-corrected chi connectivity index (χ3v) is 3.48. The largest absolute Gasteiger partial charge is 0.504 e. The number of carboxylic acids is 1. The van der Waals surface area contributed by atoms with Crippen molar-refractivity contribution in [3.05, 3.63) is 47.5 Å². The van der Waals surface area contributed by atoms with E-state index in [9.17, 15) is 10.2 Å². The Hall–Kier alpha value is -3.03. The van der Waals surface area contributed by atoms with E-state index in [1.54, 1.807) is 48.8 Å². The first-order valence-corrected chi connectivity index (χ1v) is 9.49. The Morgan fingerprint density at radius 1 is 0.871 bits per heavy atom. The van der Waals surface area contributed by atoms with Crippen molar-refractivity contribution in [1.29, 1.82) is 0 Å². The molecule has 0 aliphatic carbocycles. The van der Waals surface area contributed by atoms with Gasteiger partial charge in [0.05, 0.1) is 26.3 Å². The van der Waals surface area contributed by atoms with Crippen LogP contribution in [0, 0.1) is 0 Å². The molecule has 0 unspecified atom stereocenters. The predicted octanol–water partition coefficient (Wildman–Crippen LogP) is 3.52. The van der Waals surface area contributed by atoms with Gasteiger partial charge in [-0.3, -0.25) is 14.8 Å². The standard InChI is InChI=1S/C20H24N2O4.C2H4O2.Mn/c1-3-25-17-9-5-7-15(19(17)23)13-21-11-12-22-14-16-8-6-10-18(20(16)24)26-4-2;1-2(3)4;/h5-10,13-14,23-24H,3-4,11-12H2,1-2H3;1H3,(H,3,4);. The number of aromatic hydroxyl groups is 2. The molecule has 0 amide bonds. The van der Waals surface area contributed by atoms with Gasteiger partial charge in [0.1, 0.15) is 0 Å². The number of hydrogen-bond acceptors (Lipinski definition) is 7. The summed E-state index contributed by atoms with van der Waals surface area (Å²) >= 11 is 0. The van der Waals surface area contributed by atoms with Gasteiger partial charge in [0.2, 0.25) is 0 Å². The Morgan fingerprint density at radius 2 is 1.23 bits per heavy atom. The number of aliphatic carboxylic acids is 1. The Morgan fingerprint density at radius 3 is 1.55 bits per heavy atom. The van der Waals surface area contributed by atoms with Crippen LogP contribution in [0.4, 0.5) is 0 Å². The fourth-order valence-electron chi connectivity index (χ4n) is 2.27. The fourth-order valence-corrected chi connectivity index (χ4v) is 2.27. The van der Waals surface area contributed by atoms with Crippen LogP contribution in [0.5, 0.6) is 23.0 Å². The van der Waals surface area contributed by atoms with E-state index in [0.29, 0.717) is 48.9 Å². The van der Waals surface area contributed by atoms with Gasteiger partial charge in [-0.25, -0.2) is 0 Å². The molecule has 0 saturated heterocycles. The van der Waals surface area contributed by atoms with E-state index in [2.05, 4.69) is 9.98 Å². The molecule has 0 saturated carbocycles. The number of carboxylic acid groups (broad SMARTS) is 1. The summed E-state index contributed by atoms with van der Waals surface area (Å²) in [5.74, 6) is 0.219. The minimum atomic E-state index is -0.833. The normalized spacial score (nSPS) is 10.3. The second kappa shape index (κ2) is 15.8. The number of phenols is 2. The Labute approximate surface area is 192 Å². The van der Waals surface area contributed by atoms with Gasteiger partial charge in [-0.1, -0.05) is 12.1 Å². The van der Waals surface area contributed by atoms with Gasteiger partial charge >= 0.3 is 0 Å². The zero-order valence-corrected chi connectivity index (χ0v) is 19.0. The van der Waals surface area contributed by atoms with Crippen molar-refractivity contribution in [2.45, 2.75) is 20.8 Å². The summed E-state index contributed by atoms with van der Waals surface area (Å²) in [4.78, 5) is 17.5. The first-order chi connectivity index (χ1) is 14.4. The molecule has 0 spiro atoms. The second-order valence-corrected chi connectivity index (χ2v) is 5.84. The molecule has 0 aromatic heterocycles. The molecule has 8 nitrogen and oxygen atoms in total. The summed E-state index contributed by atoms with van der Waals surface area (Å²) < 4.78 is 10.7. The van der Waals surface area contributed by atoms with E-state index in [1.165, 1.54) is 0 Å². The van der Waals surface area contributed by atoms with Crippen LogP contribution in [-0.4, -0.2) is 60.0 Å². The van der Waals surface area contributed by atoms with E-state index in [1.807, 2.05) is 13.8 Å². The number of phenolic OH excluding ortho intramolecular Hbond substituents is 2. The fraction of sp³-hybridized carbons (Fsp3) is 0.318. The first kappa shape index (κ1) is 28.0. The minimum absolute atomic E-state index is 0. The molecule has 0 aliphatic heterocycles. The van der Waals surface area contributed by atoms with Gasteiger partial charge in [0, 0.05) is 47.5 Å². The van der Waals surface area contributed by atoms with Crippen LogP contribution < -0.4 is 9.47 Å². The molecule has 2 aromatic carbocycles. The molecule has 0 bridgehead atoms. The zero-order chi connectivity index (χ0) is 22.4. The molecular formula is C22H28MnN2O6. The van der Waals surface area contributed by atoms with Gasteiger partial charge in [0.15, 0.2) is 23.0 Å². The monoisotopic (exact) mass is 471 g/mol. The quantitative estimate of drug-likeness (QED) is 0.292. The van der Waals surface area contributed by atoms with Crippen molar-refractivity contribution in [1.82, 2.24) is 0 Å². The first-order valence-electron chi connectivity index (χ1n) is 9.49. The Bertz CT molecular complexity index is 802. The average molecular weight is 471 g/mol. The van der Waals surface area contributed by atoms with E-state index in [0.717, 1.165) is 6.92 Å². The number of benzene rings is 2. The average Bonchev–Trinajstić information content (AvgIpc) is 2.69. The van der Waals surface area contributed by atoms with Crippen LogP contribution in [0.3, 0.4) is 0 Å². The maximum Gasteiger partial charge on any atom is 0.300 e. The van der Waals surface area contributed by atoms with E-state index in [4.69, 9.17) is 19.4 Å². The van der Waals surface area contributed by atoms with Crippen LogP contribution in [0.2, 0.25) is 0 Å². The van der Waals surface area contributed by atoms with Gasteiger partial charge < -0.3 is 24.8 Å². The van der Waals surface area contributed by atoms with Crippen LogP contribution in [0.25, 0.3) is 0 Å². The van der Waals surface area contributed by atoms with Gasteiger partial charge in [-0.05, 0) is 38.1 Å². The van der Waals surface area contributed by atoms with Crippen LogP contribution >= 0.6 is 0 Å². The molecule has 0 heterocycles. The van der Waals surface area contributed by atoms with E-state index in [-0.39, 0.29) is 28.6 Å². The number of aliphatic imine (C=N–C) groups is 2. The summed E-state index contributed by atoms with van der Waals surface area (Å²) in [6.45, 7) is 6.70. The third kappa shape index (κ3) is 10.5. The number of carbonyl (C=O) groups is 1. The summed E-state index contributed by atoms with van der Waals surface area (Å²) in [7, 11) is 0. The van der Waals surface area contributed by atoms with E-state index < -0.39 is 5.97 Å². The summed E-state index contributed by atoms with van der Waals surface area (Å²) in [6, 6.07) is 10.6. The number of para-hydroxylation sites is 2. The molecule has 9 heteroatoms. The van der Waals surface area contributed by atoms with Gasteiger partial charge in [-0.15, -0.1) is 0 Å². The Balaban J connectivity index is 0.00000165. The topological polar surface area (TPSA) is 121 Å². The van der Waals surface area contributed by atoms with Crippen molar-refractivity contribution in [3.63, 3.8) is 0 Å². The molecule has 1 radical (unpaired) electrons. The minimum Gasteiger partial charge on any atom is -0.504 e. The SMILES string of the molecule is CC(=O)O.CCOc1cccc(C=NCCN=Cc2cccc(OCC)c2O)c1O.[Mn]. The third-order valence-electron chi connectivity index (χ3n) is 3.48. The van der Waals surface area contributed by atoms with Crippen molar-refractivity contribution in [2.24, 2.45) is 9.98 Å². The van der Waals surface area contributed by atoms with Crippen molar-refractivity contribution in [3.8, 4) is 23.0 Å². The van der Waals surface area contributed by atoms with Crippen LogP contribution in [0.1, 0.15) is 31.9 Å². The van der Waals surface area contributed by atoms with Crippen LogP contribution in [-0.2, 0) is 21.9 Å². The van der Waals surface area contributed by atoms with Crippen molar-refractivity contribution in [2.75, 3.05) is 26.3 Å². The van der Waals surface area contributed by atoms with Gasteiger partial charge in [0.25, 0.3) is 5.97 Å². The molecule has 0 fully saturated rings. The predicted molar refractivity (Wildman–Crippen MR) is 117 cm³/mol. The maximum absolute atomic E-state index is 10.1. The summed E-state index contributed by atoms with van der Waals surface area (Å²) in [5.41, 5.74) is 1.20. The Kier molecular flexibility index (Phi) is 14.2. The number of rotatable bonds is 9.